The van der Waals surface area contributed by atoms with Gasteiger partial charge in [0.15, 0.2) is 23.0 Å². The zero-order valence-electron chi connectivity index (χ0n) is 24.0. The molecule has 0 saturated carbocycles. The van der Waals surface area contributed by atoms with Crippen LogP contribution in [0.3, 0.4) is 0 Å². The molecule has 46 heavy (non-hydrogen) atoms. The van der Waals surface area contributed by atoms with Gasteiger partial charge in [0.05, 0.1) is 12.7 Å². The van der Waals surface area contributed by atoms with Crippen LogP contribution in [0.15, 0.2) is 45.6 Å². The zero-order valence-corrected chi connectivity index (χ0v) is 24.0. The summed E-state index contributed by atoms with van der Waals surface area (Å²) < 4.78 is 15.9. The van der Waals surface area contributed by atoms with E-state index in [-0.39, 0.29) is 29.0 Å². The molecule has 0 aliphatic carbocycles. The molecule has 0 unspecified atom stereocenters. The van der Waals surface area contributed by atoms with Gasteiger partial charge in [-0.3, -0.25) is 4.79 Å². The number of benzene rings is 2. The Morgan fingerprint density at radius 3 is 2.09 bits per heavy atom. The fourth-order valence-corrected chi connectivity index (χ4v) is 4.29. The highest BCUT2D eigenvalue weighted by molar-refractivity contribution is 5.89. The fourth-order valence-electron chi connectivity index (χ4n) is 4.29. The number of aromatic hydroxyl groups is 3. The molecule has 18 heteroatoms. The molecule has 13 N–H and O–H groups in total. The third kappa shape index (κ3) is 8.00. The van der Waals surface area contributed by atoms with Crippen LogP contribution in [0.5, 0.6) is 23.0 Å². The van der Waals surface area contributed by atoms with Gasteiger partial charge in [-0.25, -0.2) is 4.79 Å². The molecule has 2 heterocycles. The Labute approximate surface area is 258 Å². The standard InChI is InChI=1S/C21H18O12.C7H17NO5/c22-8-3-1-7(2-4-8)10-5-9(23)13-11(31-10)6-12(14(24)15(13)25)32-21-18(28)16(26)17(27)19(33-21)20(29)30;1-8-2-4(10)6(12)7(13)5(11)3-9/h1-6,16-19,21-22,24-28H,(H,29,30);4-13H,2-3H2,1H3/t16-,17-,18+,19-,21+;4-,5+,6+,7+/m00/s1. The van der Waals surface area contributed by atoms with E-state index in [1.54, 1.807) is 7.05 Å². The fraction of sp³-hybridized carbons (Fsp3) is 0.429. The maximum Gasteiger partial charge on any atom is 0.335 e. The first kappa shape index (κ1) is 36.4. The highest BCUT2D eigenvalue weighted by Gasteiger charge is 2.48. The molecule has 1 fully saturated rings. The van der Waals surface area contributed by atoms with Crippen LogP contribution in [-0.2, 0) is 9.53 Å². The van der Waals surface area contributed by atoms with Gasteiger partial charge in [-0.15, -0.1) is 0 Å². The molecule has 0 radical (unpaired) electrons. The van der Waals surface area contributed by atoms with Gasteiger partial charge in [-0.05, 0) is 31.3 Å². The van der Waals surface area contributed by atoms with Gasteiger partial charge in [-0.2, -0.15) is 0 Å². The summed E-state index contributed by atoms with van der Waals surface area (Å²) in [6, 6.07) is 7.74. The quantitative estimate of drug-likeness (QED) is 0.0940. The molecule has 254 valence electrons. The van der Waals surface area contributed by atoms with Gasteiger partial charge in [0.1, 0.15) is 59.1 Å². The van der Waals surface area contributed by atoms with Crippen molar-refractivity contribution < 1.29 is 80.0 Å². The van der Waals surface area contributed by atoms with Gasteiger partial charge in [-0.1, -0.05) is 0 Å². The molecule has 1 aliphatic rings. The SMILES string of the molecule is CNC[C@H](O)[C@@H](O)[C@H](O)[C@H](O)CO.O=C(O)[C@H]1O[C@@H](Oc2cc3oc(-c4ccc(O)cc4)cc(=O)c3c(O)c2O)[C@H](O)[C@@H](O)[C@@H]1O. The molecular weight excluding hydrogens is 622 g/mol. The smallest absolute Gasteiger partial charge is 0.335 e. The number of aliphatic hydroxyl groups excluding tert-OH is 8. The van der Waals surface area contributed by atoms with E-state index in [0.29, 0.717) is 5.56 Å². The van der Waals surface area contributed by atoms with Gasteiger partial charge in [0.25, 0.3) is 0 Å². The predicted molar refractivity (Wildman–Crippen MR) is 153 cm³/mol. The lowest BCUT2D eigenvalue weighted by Gasteiger charge is -2.38. The summed E-state index contributed by atoms with van der Waals surface area (Å²) in [7, 11) is 1.57. The Hall–Kier alpha value is -4.08. The molecule has 9 atom stereocenters. The molecule has 4 rings (SSSR count). The van der Waals surface area contributed by atoms with Crippen molar-refractivity contribution in [2.24, 2.45) is 0 Å². The van der Waals surface area contributed by atoms with E-state index in [1.165, 1.54) is 24.3 Å². The van der Waals surface area contributed by atoms with E-state index in [2.05, 4.69) is 5.32 Å². The largest absolute Gasteiger partial charge is 0.508 e. The first-order valence-corrected chi connectivity index (χ1v) is 13.5. The number of carboxylic acid groups (broad SMARTS) is 1. The number of carboxylic acids is 1. The number of aliphatic hydroxyl groups is 8. The van der Waals surface area contributed by atoms with Gasteiger partial charge >= 0.3 is 5.97 Å². The minimum Gasteiger partial charge on any atom is -0.508 e. The number of hydrogen-bond donors (Lipinski definition) is 13. The predicted octanol–water partition coefficient (Wildman–Crippen LogP) is -3.51. The van der Waals surface area contributed by atoms with Crippen molar-refractivity contribution in [1.29, 1.82) is 0 Å². The van der Waals surface area contributed by atoms with Crippen LogP contribution in [-0.4, -0.2) is 143 Å². The molecule has 3 aromatic rings. The van der Waals surface area contributed by atoms with Crippen molar-refractivity contribution in [2.75, 3.05) is 20.2 Å². The van der Waals surface area contributed by atoms with Crippen LogP contribution in [0, 0.1) is 0 Å². The second-order valence-electron chi connectivity index (χ2n) is 10.2. The Morgan fingerprint density at radius 2 is 1.52 bits per heavy atom. The molecule has 2 aromatic carbocycles. The number of rotatable bonds is 10. The Morgan fingerprint density at radius 1 is 0.913 bits per heavy atom. The minimum absolute atomic E-state index is 0.0156. The minimum atomic E-state index is -1.96. The van der Waals surface area contributed by atoms with Crippen LogP contribution in [0.1, 0.15) is 0 Å². The number of phenolic OH excluding ortho intramolecular Hbond substituents is 3. The second kappa shape index (κ2) is 15.5. The van der Waals surface area contributed by atoms with Gasteiger partial charge in [0.2, 0.25) is 12.0 Å². The number of aliphatic carboxylic acids is 1. The molecule has 0 amide bonds. The third-order valence-corrected chi connectivity index (χ3v) is 6.88. The lowest BCUT2D eigenvalue weighted by Crippen LogP contribution is -2.61. The Balaban J connectivity index is 0.000000376. The van der Waals surface area contributed by atoms with E-state index in [4.69, 9.17) is 39.4 Å². The van der Waals surface area contributed by atoms with Crippen molar-refractivity contribution in [3.05, 3.63) is 46.6 Å². The summed E-state index contributed by atoms with van der Waals surface area (Å²) in [5.41, 5.74) is -0.539. The third-order valence-electron chi connectivity index (χ3n) is 6.88. The van der Waals surface area contributed by atoms with E-state index in [0.717, 1.165) is 12.1 Å². The maximum atomic E-state index is 12.6. The van der Waals surface area contributed by atoms with E-state index < -0.39 is 90.4 Å². The van der Waals surface area contributed by atoms with Crippen LogP contribution in [0.4, 0.5) is 0 Å². The Kier molecular flexibility index (Phi) is 12.2. The lowest BCUT2D eigenvalue weighted by molar-refractivity contribution is -0.271. The van der Waals surface area contributed by atoms with Gasteiger partial charge < -0.3 is 80.5 Å². The summed E-state index contributed by atoms with van der Waals surface area (Å²) in [6.07, 6.45) is -15.3. The number of ether oxygens (including phenoxy) is 2. The van der Waals surface area contributed by atoms with Crippen molar-refractivity contribution in [2.45, 2.75) is 55.1 Å². The summed E-state index contributed by atoms with van der Waals surface area (Å²) >= 11 is 0. The topological polar surface area (TPSA) is 321 Å². The van der Waals surface area contributed by atoms with Crippen LogP contribution in [0.2, 0.25) is 0 Å². The lowest BCUT2D eigenvalue weighted by atomic mass is 9.99. The average Bonchev–Trinajstić information content (AvgIpc) is 3.02. The van der Waals surface area contributed by atoms with Crippen LogP contribution < -0.4 is 15.5 Å². The van der Waals surface area contributed by atoms with E-state index in [1.807, 2.05) is 0 Å². The molecule has 18 nitrogen and oxygen atoms in total. The van der Waals surface area contributed by atoms with Crippen molar-refractivity contribution in [3.63, 3.8) is 0 Å². The first-order valence-electron chi connectivity index (χ1n) is 13.5. The summed E-state index contributed by atoms with van der Waals surface area (Å²) in [4.78, 5) is 23.8. The highest BCUT2D eigenvalue weighted by atomic mass is 16.7. The summed E-state index contributed by atoms with van der Waals surface area (Å²) in [5, 5.41) is 116. The summed E-state index contributed by atoms with van der Waals surface area (Å²) in [5.74, 6) is -4.01. The highest BCUT2D eigenvalue weighted by Crippen LogP contribution is 2.42. The van der Waals surface area contributed by atoms with Gasteiger partial charge in [0, 0.05) is 24.2 Å². The van der Waals surface area contributed by atoms with Crippen molar-refractivity contribution in [3.8, 4) is 34.3 Å². The number of phenols is 3. The monoisotopic (exact) mass is 657 g/mol. The molecule has 0 spiro atoms. The van der Waals surface area contributed by atoms with Crippen LogP contribution in [0.25, 0.3) is 22.3 Å². The first-order chi connectivity index (χ1) is 21.6. The summed E-state index contributed by atoms with van der Waals surface area (Å²) in [6.45, 7) is -0.569. The molecule has 1 aromatic heterocycles. The number of hydrogen-bond acceptors (Lipinski definition) is 17. The number of carbonyl (C=O) groups is 1. The van der Waals surface area contributed by atoms with Crippen molar-refractivity contribution in [1.82, 2.24) is 5.32 Å². The van der Waals surface area contributed by atoms with Crippen LogP contribution >= 0.6 is 0 Å². The van der Waals surface area contributed by atoms with E-state index in [9.17, 15) is 45.3 Å². The zero-order chi connectivity index (χ0) is 34.5. The molecule has 1 aliphatic heterocycles. The number of likely N-dealkylation sites (N-methyl/N-ethyl adjacent to an activating group) is 1. The average molecular weight is 658 g/mol. The van der Waals surface area contributed by atoms with E-state index >= 15 is 0 Å². The van der Waals surface area contributed by atoms with Crippen molar-refractivity contribution >= 4 is 16.9 Å². The molecule has 0 bridgehead atoms. The number of fused-ring (bicyclic) bond motifs is 1. The molecular formula is C28H35NO17. The Bertz CT molecular complexity index is 1530. The maximum absolute atomic E-state index is 12.6. The normalized spacial score (nSPS) is 23.9. The molecule has 1 saturated heterocycles. The second-order valence-corrected chi connectivity index (χ2v) is 10.2. The number of nitrogens with one attached hydrogen (secondary N) is 1.